The monoisotopic (exact) mass is 236 g/mol. The summed E-state index contributed by atoms with van der Waals surface area (Å²) in [6.45, 7) is 4.19. The molecule has 0 bridgehead atoms. The molecule has 0 saturated heterocycles. The lowest BCUT2D eigenvalue weighted by Gasteiger charge is -1.99. The van der Waals surface area contributed by atoms with Gasteiger partial charge in [-0.1, -0.05) is 24.3 Å². The van der Waals surface area contributed by atoms with Crippen LogP contribution in [0.15, 0.2) is 58.5 Å². The summed E-state index contributed by atoms with van der Waals surface area (Å²) in [5.41, 5.74) is 4.43. The quantitative estimate of drug-likeness (QED) is 0.705. The Balaban J connectivity index is 2.03. The first kappa shape index (κ1) is 12.2. The molecule has 0 aliphatic heterocycles. The number of benzene rings is 2. The Kier molecular flexibility index (Phi) is 4.02. The van der Waals surface area contributed by atoms with Gasteiger partial charge in [-0.25, -0.2) is 0 Å². The molecule has 0 unspecified atom stereocenters. The molecule has 0 aliphatic carbocycles. The fourth-order valence-electron chi connectivity index (χ4n) is 1.56. The summed E-state index contributed by atoms with van der Waals surface area (Å²) in [5.74, 6) is 0. The minimum atomic E-state index is 0.934. The molecule has 0 N–H and O–H groups in total. The maximum atomic E-state index is 4.35. The summed E-state index contributed by atoms with van der Waals surface area (Å²) in [6, 6.07) is 16.0. The highest BCUT2D eigenvalue weighted by atomic mass is 14.8. The second-order valence-corrected chi connectivity index (χ2v) is 4.16. The number of para-hydroxylation sites is 1. The molecule has 0 radical (unpaired) electrons. The number of hydrogen-bond donors (Lipinski definition) is 0. The highest BCUT2D eigenvalue weighted by Gasteiger charge is 1.92. The van der Waals surface area contributed by atoms with E-state index in [9.17, 15) is 0 Å². The normalized spacial score (nSPS) is 11.4. The maximum absolute atomic E-state index is 4.35. The van der Waals surface area contributed by atoms with Gasteiger partial charge in [0, 0.05) is 12.4 Å². The standard InChI is InChI=1S/C16H16N2/c1-13-8-9-16(12-14(13)2)18-11-10-17-15-6-4-3-5-7-15/h3-12H,1-2H3. The molecule has 0 atom stereocenters. The molecular formula is C16H16N2. The lowest BCUT2D eigenvalue weighted by atomic mass is 10.1. The predicted molar refractivity (Wildman–Crippen MR) is 78.7 cm³/mol. The van der Waals surface area contributed by atoms with E-state index in [1.165, 1.54) is 11.1 Å². The van der Waals surface area contributed by atoms with Gasteiger partial charge in [0.2, 0.25) is 0 Å². The lowest BCUT2D eigenvalue weighted by molar-refractivity contribution is 1.33. The number of aliphatic imine (C=N–C) groups is 2. The van der Waals surface area contributed by atoms with Gasteiger partial charge in [-0.15, -0.1) is 0 Å². The van der Waals surface area contributed by atoms with E-state index in [1.807, 2.05) is 36.4 Å². The van der Waals surface area contributed by atoms with E-state index < -0.39 is 0 Å². The Labute approximate surface area is 108 Å². The highest BCUT2D eigenvalue weighted by Crippen LogP contribution is 2.16. The lowest BCUT2D eigenvalue weighted by Crippen LogP contribution is -1.79. The van der Waals surface area contributed by atoms with E-state index in [4.69, 9.17) is 0 Å². The number of aryl methyl sites for hydroxylation is 2. The third kappa shape index (κ3) is 3.39. The number of nitrogens with zero attached hydrogens (tertiary/aromatic N) is 2. The third-order valence-electron chi connectivity index (χ3n) is 2.76. The Bertz CT molecular complexity index is 569. The van der Waals surface area contributed by atoms with E-state index in [2.05, 4.69) is 36.0 Å². The first-order valence-corrected chi connectivity index (χ1v) is 5.95. The fraction of sp³-hybridized carbons (Fsp3) is 0.125. The molecule has 90 valence electrons. The van der Waals surface area contributed by atoms with Crippen molar-refractivity contribution in [2.45, 2.75) is 13.8 Å². The van der Waals surface area contributed by atoms with Crippen LogP contribution in [0.2, 0.25) is 0 Å². The van der Waals surface area contributed by atoms with Gasteiger partial charge in [0.05, 0.1) is 11.4 Å². The SMILES string of the molecule is Cc1ccc(N=CC=Nc2ccccc2)cc1C. The molecule has 0 amide bonds. The zero-order valence-electron chi connectivity index (χ0n) is 10.7. The van der Waals surface area contributed by atoms with Gasteiger partial charge in [0.1, 0.15) is 0 Å². The van der Waals surface area contributed by atoms with E-state index in [0.717, 1.165) is 11.4 Å². The minimum Gasteiger partial charge on any atom is -0.255 e. The van der Waals surface area contributed by atoms with Crippen LogP contribution in [0, 0.1) is 13.8 Å². The van der Waals surface area contributed by atoms with Gasteiger partial charge in [0.15, 0.2) is 0 Å². The fourth-order valence-corrected chi connectivity index (χ4v) is 1.56. The van der Waals surface area contributed by atoms with Crippen LogP contribution in [-0.2, 0) is 0 Å². The highest BCUT2D eigenvalue weighted by molar-refractivity contribution is 6.17. The van der Waals surface area contributed by atoms with E-state index in [1.54, 1.807) is 12.4 Å². The van der Waals surface area contributed by atoms with E-state index in [-0.39, 0.29) is 0 Å². The average molecular weight is 236 g/mol. The summed E-state index contributed by atoms with van der Waals surface area (Å²) in [5, 5.41) is 0. The molecule has 0 aliphatic rings. The smallest absolute Gasteiger partial charge is 0.0633 e. The summed E-state index contributed by atoms with van der Waals surface area (Å²) in [7, 11) is 0. The van der Waals surface area contributed by atoms with Crippen molar-refractivity contribution in [1.29, 1.82) is 0 Å². The zero-order chi connectivity index (χ0) is 12.8. The Morgan fingerprint density at radius 1 is 0.722 bits per heavy atom. The predicted octanol–water partition coefficient (Wildman–Crippen LogP) is 4.41. The van der Waals surface area contributed by atoms with Crippen LogP contribution in [0.5, 0.6) is 0 Å². The van der Waals surface area contributed by atoms with Crippen molar-refractivity contribution in [3.8, 4) is 0 Å². The Hall–Kier alpha value is -2.22. The Morgan fingerprint density at radius 2 is 1.39 bits per heavy atom. The van der Waals surface area contributed by atoms with Crippen molar-refractivity contribution in [1.82, 2.24) is 0 Å². The molecule has 0 saturated carbocycles. The third-order valence-corrected chi connectivity index (χ3v) is 2.76. The zero-order valence-corrected chi connectivity index (χ0v) is 10.7. The molecular weight excluding hydrogens is 220 g/mol. The second-order valence-electron chi connectivity index (χ2n) is 4.16. The molecule has 2 heteroatoms. The van der Waals surface area contributed by atoms with Crippen LogP contribution in [0.1, 0.15) is 11.1 Å². The molecule has 2 nitrogen and oxygen atoms in total. The van der Waals surface area contributed by atoms with Crippen LogP contribution in [0.3, 0.4) is 0 Å². The largest absolute Gasteiger partial charge is 0.255 e. The number of hydrogen-bond acceptors (Lipinski definition) is 2. The maximum Gasteiger partial charge on any atom is 0.0633 e. The first-order valence-electron chi connectivity index (χ1n) is 5.95. The van der Waals surface area contributed by atoms with Crippen LogP contribution >= 0.6 is 0 Å². The van der Waals surface area contributed by atoms with Gasteiger partial charge >= 0.3 is 0 Å². The van der Waals surface area contributed by atoms with Crippen molar-refractivity contribution in [3.05, 3.63) is 59.7 Å². The van der Waals surface area contributed by atoms with Gasteiger partial charge < -0.3 is 0 Å². The van der Waals surface area contributed by atoms with E-state index >= 15 is 0 Å². The number of rotatable bonds is 3. The summed E-state index contributed by atoms with van der Waals surface area (Å²) in [4.78, 5) is 8.64. The van der Waals surface area contributed by atoms with Crippen LogP contribution in [-0.4, -0.2) is 12.4 Å². The van der Waals surface area contributed by atoms with Crippen LogP contribution in [0.25, 0.3) is 0 Å². The van der Waals surface area contributed by atoms with E-state index in [0.29, 0.717) is 0 Å². The van der Waals surface area contributed by atoms with Gasteiger partial charge in [-0.2, -0.15) is 0 Å². The van der Waals surface area contributed by atoms with Crippen molar-refractivity contribution >= 4 is 23.8 Å². The van der Waals surface area contributed by atoms with Gasteiger partial charge in [-0.3, -0.25) is 9.98 Å². The first-order chi connectivity index (χ1) is 8.75. The average Bonchev–Trinajstić information content (AvgIpc) is 2.40. The van der Waals surface area contributed by atoms with Crippen LogP contribution < -0.4 is 0 Å². The molecule has 0 heterocycles. The molecule has 0 fully saturated rings. The molecule has 0 aromatic heterocycles. The van der Waals surface area contributed by atoms with Crippen molar-refractivity contribution < 1.29 is 0 Å². The molecule has 2 aromatic rings. The molecule has 2 aromatic carbocycles. The second kappa shape index (κ2) is 5.92. The topological polar surface area (TPSA) is 24.7 Å². The van der Waals surface area contributed by atoms with Gasteiger partial charge in [-0.05, 0) is 49.2 Å². The Morgan fingerprint density at radius 3 is 2.06 bits per heavy atom. The minimum absolute atomic E-state index is 0.934. The molecule has 18 heavy (non-hydrogen) atoms. The van der Waals surface area contributed by atoms with Gasteiger partial charge in [0.25, 0.3) is 0 Å². The molecule has 2 rings (SSSR count). The summed E-state index contributed by atoms with van der Waals surface area (Å²) < 4.78 is 0. The van der Waals surface area contributed by atoms with Crippen LogP contribution in [0.4, 0.5) is 11.4 Å². The summed E-state index contributed by atoms with van der Waals surface area (Å²) in [6.07, 6.45) is 3.43. The van der Waals surface area contributed by atoms with Crippen molar-refractivity contribution in [3.63, 3.8) is 0 Å². The van der Waals surface area contributed by atoms with Crippen molar-refractivity contribution in [2.75, 3.05) is 0 Å². The molecule has 0 spiro atoms. The summed E-state index contributed by atoms with van der Waals surface area (Å²) >= 11 is 0. The van der Waals surface area contributed by atoms with Crippen molar-refractivity contribution in [2.24, 2.45) is 9.98 Å².